The Morgan fingerprint density at radius 3 is 2.48 bits per heavy atom. The zero-order valence-electron chi connectivity index (χ0n) is 16.9. The summed E-state index contributed by atoms with van der Waals surface area (Å²) in [5.41, 5.74) is 0.900. The van der Waals surface area contributed by atoms with Gasteiger partial charge in [0.05, 0.1) is 11.8 Å². The first-order valence-electron chi connectivity index (χ1n) is 10.6. The second-order valence-corrected chi connectivity index (χ2v) is 7.92. The number of benzene rings is 1. The van der Waals surface area contributed by atoms with Crippen molar-refractivity contribution >= 4 is 17.7 Å². The molecule has 7 nitrogen and oxygen atoms in total. The summed E-state index contributed by atoms with van der Waals surface area (Å²) in [7, 11) is 0. The molecule has 3 aliphatic rings. The number of rotatable bonds is 6. The molecule has 4 rings (SSSR count). The number of ether oxygens (including phenoxy) is 2. The van der Waals surface area contributed by atoms with Crippen molar-refractivity contribution in [3.63, 3.8) is 0 Å². The summed E-state index contributed by atoms with van der Waals surface area (Å²) < 4.78 is 11.4. The van der Waals surface area contributed by atoms with E-state index in [1.54, 1.807) is 4.90 Å². The van der Waals surface area contributed by atoms with Crippen LogP contribution in [0.25, 0.3) is 0 Å². The van der Waals surface area contributed by atoms with Crippen molar-refractivity contribution in [2.24, 2.45) is 11.8 Å². The van der Waals surface area contributed by atoms with E-state index in [2.05, 4.69) is 0 Å². The summed E-state index contributed by atoms with van der Waals surface area (Å²) in [6.45, 7) is 4.06. The van der Waals surface area contributed by atoms with Crippen LogP contribution in [-0.2, 0) is 20.9 Å². The minimum atomic E-state index is -0.165. The molecule has 2 unspecified atom stereocenters. The molecule has 2 atom stereocenters. The van der Waals surface area contributed by atoms with Gasteiger partial charge in [-0.05, 0) is 25.8 Å². The number of carbonyl (C=O) groups excluding carboxylic acids is 3. The summed E-state index contributed by atoms with van der Waals surface area (Å²) in [4.78, 5) is 41.1. The number of hydrogen-bond donors (Lipinski definition) is 0. The van der Waals surface area contributed by atoms with E-state index in [9.17, 15) is 14.4 Å². The maximum absolute atomic E-state index is 12.8. The molecule has 0 radical (unpaired) electrons. The van der Waals surface area contributed by atoms with Gasteiger partial charge in [-0.15, -0.1) is 0 Å². The summed E-state index contributed by atoms with van der Waals surface area (Å²) in [5, 5.41) is 0. The predicted octanol–water partition coefficient (Wildman–Crippen LogP) is 2.37. The molecule has 0 bridgehead atoms. The highest BCUT2D eigenvalue weighted by Crippen LogP contribution is 2.38. The second kappa shape index (κ2) is 8.43. The minimum absolute atomic E-state index is 0.0719. The van der Waals surface area contributed by atoms with Crippen molar-refractivity contribution in [1.82, 2.24) is 9.80 Å². The van der Waals surface area contributed by atoms with Gasteiger partial charge in [0.2, 0.25) is 17.7 Å². The van der Waals surface area contributed by atoms with Crippen molar-refractivity contribution < 1.29 is 23.9 Å². The van der Waals surface area contributed by atoms with Gasteiger partial charge in [0.25, 0.3) is 0 Å². The molecule has 1 aliphatic carbocycles. The van der Waals surface area contributed by atoms with E-state index in [-0.39, 0.29) is 42.5 Å². The van der Waals surface area contributed by atoms with Crippen molar-refractivity contribution in [3.8, 4) is 11.5 Å². The van der Waals surface area contributed by atoms with E-state index in [0.717, 1.165) is 31.2 Å². The number of hydrogen-bond acceptors (Lipinski definition) is 5. The SMILES string of the molecule is CCN(Cc1cccc2c1OCCO2)C(=O)CCN1C(=O)C2CCCCC2C1=O. The lowest BCUT2D eigenvalue weighted by atomic mass is 9.81. The van der Waals surface area contributed by atoms with Crippen molar-refractivity contribution in [3.05, 3.63) is 23.8 Å². The first kappa shape index (κ1) is 19.7. The molecule has 2 fully saturated rings. The molecule has 2 heterocycles. The molecule has 2 aliphatic heterocycles. The van der Waals surface area contributed by atoms with Crippen LogP contribution in [0.1, 0.15) is 44.6 Å². The Morgan fingerprint density at radius 1 is 1.10 bits per heavy atom. The molecule has 0 spiro atoms. The Balaban J connectivity index is 1.39. The lowest BCUT2D eigenvalue weighted by Crippen LogP contribution is -2.37. The monoisotopic (exact) mass is 400 g/mol. The fourth-order valence-electron chi connectivity index (χ4n) is 4.66. The van der Waals surface area contributed by atoms with Crippen molar-refractivity contribution in [2.45, 2.75) is 45.6 Å². The Labute approximate surface area is 170 Å². The van der Waals surface area contributed by atoms with E-state index >= 15 is 0 Å². The maximum atomic E-state index is 12.8. The standard InChI is InChI=1S/C22H28N2O5/c1-2-23(14-15-6-5-9-18-20(15)29-13-12-28-18)19(25)10-11-24-21(26)16-7-3-4-8-17(16)22(24)27/h5-6,9,16-17H,2-4,7-8,10-14H2,1H3. The topological polar surface area (TPSA) is 76.2 Å². The molecule has 1 aromatic carbocycles. The largest absolute Gasteiger partial charge is 0.486 e. The number of amides is 3. The van der Waals surface area contributed by atoms with E-state index in [1.807, 2.05) is 25.1 Å². The minimum Gasteiger partial charge on any atom is -0.486 e. The summed E-state index contributed by atoms with van der Waals surface area (Å²) in [5.74, 6) is 0.823. The van der Waals surface area contributed by atoms with E-state index in [1.165, 1.54) is 4.90 Å². The van der Waals surface area contributed by atoms with E-state index in [0.29, 0.717) is 37.8 Å². The number of imide groups is 1. The van der Waals surface area contributed by atoms with Crippen LogP contribution >= 0.6 is 0 Å². The van der Waals surface area contributed by atoms with Crippen molar-refractivity contribution in [2.75, 3.05) is 26.3 Å². The maximum Gasteiger partial charge on any atom is 0.233 e. The number of para-hydroxylation sites is 1. The van der Waals surface area contributed by atoms with Gasteiger partial charge in [0, 0.05) is 31.6 Å². The highest BCUT2D eigenvalue weighted by Gasteiger charge is 2.47. The normalized spacial score (nSPS) is 23.1. The van der Waals surface area contributed by atoms with Gasteiger partial charge in [-0.25, -0.2) is 0 Å². The van der Waals surface area contributed by atoms with Gasteiger partial charge in [-0.1, -0.05) is 25.0 Å². The highest BCUT2D eigenvalue weighted by molar-refractivity contribution is 6.05. The Bertz CT molecular complexity index is 784. The van der Waals surface area contributed by atoms with Gasteiger partial charge in [0.15, 0.2) is 11.5 Å². The quantitative estimate of drug-likeness (QED) is 0.686. The first-order valence-corrected chi connectivity index (χ1v) is 10.6. The van der Waals surface area contributed by atoms with E-state index in [4.69, 9.17) is 9.47 Å². The highest BCUT2D eigenvalue weighted by atomic mass is 16.6. The molecule has 0 aromatic heterocycles. The van der Waals surface area contributed by atoms with Crippen molar-refractivity contribution in [1.29, 1.82) is 0 Å². The van der Waals surface area contributed by atoms with Gasteiger partial charge < -0.3 is 14.4 Å². The van der Waals surface area contributed by atoms with Crippen LogP contribution in [0, 0.1) is 11.8 Å². The summed E-state index contributed by atoms with van der Waals surface area (Å²) in [6.07, 6.45) is 3.74. The third-order valence-electron chi connectivity index (χ3n) is 6.23. The Kier molecular flexibility index (Phi) is 5.74. The van der Waals surface area contributed by atoms with Gasteiger partial charge >= 0.3 is 0 Å². The molecular weight excluding hydrogens is 372 g/mol. The third-order valence-corrected chi connectivity index (χ3v) is 6.23. The number of fused-ring (bicyclic) bond motifs is 2. The van der Waals surface area contributed by atoms with Crippen LogP contribution in [0.4, 0.5) is 0 Å². The fraction of sp³-hybridized carbons (Fsp3) is 0.591. The van der Waals surface area contributed by atoms with Gasteiger partial charge in [-0.2, -0.15) is 0 Å². The number of likely N-dealkylation sites (tertiary alicyclic amines) is 1. The molecule has 1 saturated carbocycles. The lowest BCUT2D eigenvalue weighted by Gasteiger charge is -2.26. The zero-order valence-corrected chi connectivity index (χ0v) is 16.9. The van der Waals surface area contributed by atoms with Crippen LogP contribution in [0.15, 0.2) is 18.2 Å². The lowest BCUT2D eigenvalue weighted by molar-refractivity contribution is -0.141. The Hall–Kier alpha value is -2.57. The van der Waals surface area contributed by atoms with Gasteiger partial charge in [0.1, 0.15) is 13.2 Å². The van der Waals surface area contributed by atoms with Crippen LogP contribution in [0.2, 0.25) is 0 Å². The molecule has 1 aromatic rings. The molecule has 7 heteroatoms. The second-order valence-electron chi connectivity index (χ2n) is 7.92. The molecule has 1 saturated heterocycles. The molecule has 3 amide bonds. The van der Waals surface area contributed by atoms with E-state index < -0.39 is 0 Å². The summed E-state index contributed by atoms with van der Waals surface area (Å²) >= 11 is 0. The first-order chi connectivity index (χ1) is 14.1. The Morgan fingerprint density at radius 2 is 1.79 bits per heavy atom. The number of nitrogens with zero attached hydrogens (tertiary/aromatic N) is 2. The average molecular weight is 400 g/mol. The van der Waals surface area contributed by atoms with Crippen LogP contribution in [0.3, 0.4) is 0 Å². The third kappa shape index (κ3) is 3.82. The smallest absolute Gasteiger partial charge is 0.233 e. The van der Waals surface area contributed by atoms with Crippen LogP contribution in [0.5, 0.6) is 11.5 Å². The van der Waals surface area contributed by atoms with Crippen LogP contribution in [-0.4, -0.2) is 53.8 Å². The predicted molar refractivity (Wildman–Crippen MR) is 105 cm³/mol. The van der Waals surface area contributed by atoms with Gasteiger partial charge in [-0.3, -0.25) is 19.3 Å². The summed E-state index contributed by atoms with van der Waals surface area (Å²) in [6, 6.07) is 5.69. The zero-order chi connectivity index (χ0) is 20.4. The fourth-order valence-corrected chi connectivity index (χ4v) is 4.66. The molecule has 29 heavy (non-hydrogen) atoms. The van der Waals surface area contributed by atoms with Crippen LogP contribution < -0.4 is 9.47 Å². The molecule has 156 valence electrons. The molecular formula is C22H28N2O5. The molecule has 0 N–H and O–H groups in total. The number of carbonyl (C=O) groups is 3. The average Bonchev–Trinajstić information content (AvgIpc) is 3.00.